The van der Waals surface area contributed by atoms with Gasteiger partial charge < -0.3 is 14.5 Å². The highest BCUT2D eigenvalue weighted by atomic mass is 16.5. The number of amides is 2. The molecule has 0 N–H and O–H groups in total. The molecule has 2 aromatic carbocycles. The molecule has 3 aromatic rings. The number of aryl methyl sites for hydroxylation is 1. The van der Waals surface area contributed by atoms with Gasteiger partial charge in [-0.2, -0.15) is 5.10 Å². The van der Waals surface area contributed by atoms with Crippen LogP contribution in [0.15, 0.2) is 54.6 Å². The van der Waals surface area contributed by atoms with Gasteiger partial charge in [-0.25, -0.2) is 4.68 Å². The summed E-state index contributed by atoms with van der Waals surface area (Å²) in [6.45, 7) is 5.16. The zero-order valence-electron chi connectivity index (χ0n) is 18.5. The number of fused-ring (bicyclic) bond motifs is 1. The van der Waals surface area contributed by atoms with Crippen LogP contribution in [-0.4, -0.2) is 57.6 Å². The SMILES string of the molecule is COc1cccc(C(=O)N2CCC(N3C(=O)c4c(c(C)nn4-c4ccccc4)C3C)C2)c1. The minimum absolute atomic E-state index is 0.0161. The lowest BCUT2D eigenvalue weighted by molar-refractivity contribution is 0.0618. The molecule has 0 aliphatic carbocycles. The second-order valence-corrected chi connectivity index (χ2v) is 8.41. The molecule has 7 heteroatoms. The maximum absolute atomic E-state index is 13.6. The van der Waals surface area contributed by atoms with Crippen LogP contribution in [0.1, 0.15) is 51.5 Å². The number of benzene rings is 2. The number of aromatic nitrogens is 2. The molecule has 2 amide bonds. The summed E-state index contributed by atoms with van der Waals surface area (Å²) < 4.78 is 7.01. The zero-order chi connectivity index (χ0) is 22.4. The second kappa shape index (κ2) is 7.82. The van der Waals surface area contributed by atoms with Crippen LogP contribution in [0.2, 0.25) is 0 Å². The van der Waals surface area contributed by atoms with Crippen LogP contribution in [0, 0.1) is 6.92 Å². The summed E-state index contributed by atoms with van der Waals surface area (Å²) in [6.07, 6.45) is 0.758. The first-order valence-corrected chi connectivity index (χ1v) is 10.9. The summed E-state index contributed by atoms with van der Waals surface area (Å²) in [5.74, 6) is 0.610. The van der Waals surface area contributed by atoms with Crippen molar-refractivity contribution in [3.63, 3.8) is 0 Å². The van der Waals surface area contributed by atoms with Gasteiger partial charge in [0.1, 0.15) is 11.4 Å². The van der Waals surface area contributed by atoms with Crippen molar-refractivity contribution in [3.8, 4) is 11.4 Å². The molecular weight excluding hydrogens is 404 g/mol. The largest absolute Gasteiger partial charge is 0.497 e. The summed E-state index contributed by atoms with van der Waals surface area (Å²) in [7, 11) is 1.59. The number of ether oxygens (including phenoxy) is 1. The van der Waals surface area contributed by atoms with Crippen molar-refractivity contribution in [1.29, 1.82) is 0 Å². The van der Waals surface area contributed by atoms with Crippen molar-refractivity contribution >= 4 is 11.8 Å². The lowest BCUT2D eigenvalue weighted by Crippen LogP contribution is -2.41. The average Bonchev–Trinajstić information content (AvgIpc) is 3.50. The van der Waals surface area contributed by atoms with Crippen LogP contribution in [0.4, 0.5) is 0 Å². The summed E-state index contributed by atoms with van der Waals surface area (Å²) in [6, 6.07) is 16.8. The fraction of sp³-hybridized carbons (Fsp3) is 0.320. The Morgan fingerprint density at radius 1 is 1.12 bits per heavy atom. The van der Waals surface area contributed by atoms with Crippen molar-refractivity contribution in [2.75, 3.05) is 20.2 Å². The van der Waals surface area contributed by atoms with Crippen LogP contribution in [0.25, 0.3) is 5.69 Å². The van der Waals surface area contributed by atoms with Crippen molar-refractivity contribution in [2.24, 2.45) is 0 Å². The van der Waals surface area contributed by atoms with Crippen LogP contribution >= 0.6 is 0 Å². The molecule has 1 aromatic heterocycles. The van der Waals surface area contributed by atoms with E-state index in [9.17, 15) is 9.59 Å². The van der Waals surface area contributed by atoms with Crippen molar-refractivity contribution in [1.82, 2.24) is 19.6 Å². The fourth-order valence-electron chi connectivity index (χ4n) is 5.01. The van der Waals surface area contributed by atoms with E-state index in [4.69, 9.17) is 4.74 Å². The highest BCUT2D eigenvalue weighted by Crippen LogP contribution is 2.39. The zero-order valence-corrected chi connectivity index (χ0v) is 18.5. The molecule has 164 valence electrons. The van der Waals surface area contributed by atoms with E-state index in [1.165, 1.54) is 0 Å². The molecular formula is C25H26N4O3. The Balaban J connectivity index is 1.39. The molecule has 2 unspecified atom stereocenters. The van der Waals surface area contributed by atoms with Crippen LogP contribution in [-0.2, 0) is 0 Å². The van der Waals surface area contributed by atoms with Gasteiger partial charge >= 0.3 is 0 Å². The van der Waals surface area contributed by atoms with Crippen molar-refractivity contribution in [3.05, 3.63) is 77.1 Å². The van der Waals surface area contributed by atoms with E-state index in [1.54, 1.807) is 23.9 Å². The smallest absolute Gasteiger partial charge is 0.273 e. The summed E-state index contributed by atoms with van der Waals surface area (Å²) in [5.41, 5.74) is 3.97. The molecule has 2 aliphatic heterocycles. The number of nitrogens with zero attached hydrogens (tertiary/aromatic N) is 4. The Morgan fingerprint density at radius 3 is 2.66 bits per heavy atom. The Labute approximate surface area is 187 Å². The Morgan fingerprint density at radius 2 is 1.91 bits per heavy atom. The summed E-state index contributed by atoms with van der Waals surface area (Å²) in [5, 5.41) is 4.66. The topological polar surface area (TPSA) is 67.7 Å². The number of methoxy groups -OCH3 is 1. The molecule has 2 aliphatic rings. The van der Waals surface area contributed by atoms with Gasteiger partial charge in [0.05, 0.1) is 30.6 Å². The highest BCUT2D eigenvalue weighted by molar-refractivity contribution is 5.99. The third kappa shape index (κ3) is 3.16. The Bertz CT molecular complexity index is 1190. The predicted octanol–water partition coefficient (Wildman–Crippen LogP) is 3.62. The highest BCUT2D eigenvalue weighted by Gasteiger charge is 2.45. The van der Waals surface area contributed by atoms with Gasteiger partial charge in [0.25, 0.3) is 11.8 Å². The lowest BCUT2D eigenvalue weighted by atomic mass is 10.1. The molecule has 1 fully saturated rings. The number of carbonyl (C=O) groups excluding carboxylic acids is 2. The van der Waals surface area contributed by atoms with E-state index in [0.29, 0.717) is 30.1 Å². The number of para-hydroxylation sites is 1. The average molecular weight is 431 g/mol. The van der Waals surface area contributed by atoms with Crippen molar-refractivity contribution in [2.45, 2.75) is 32.4 Å². The van der Waals surface area contributed by atoms with Crippen LogP contribution in [0.5, 0.6) is 5.75 Å². The first kappa shape index (κ1) is 20.3. The third-order valence-corrected chi connectivity index (χ3v) is 6.54. The molecule has 0 bridgehead atoms. The van der Waals surface area contributed by atoms with Crippen molar-refractivity contribution < 1.29 is 14.3 Å². The summed E-state index contributed by atoms with van der Waals surface area (Å²) >= 11 is 0. The number of rotatable bonds is 4. The number of carbonyl (C=O) groups is 2. The molecule has 0 spiro atoms. The first-order valence-electron chi connectivity index (χ1n) is 10.9. The monoisotopic (exact) mass is 430 g/mol. The number of likely N-dealkylation sites (tertiary alicyclic amines) is 1. The molecule has 5 rings (SSSR count). The third-order valence-electron chi connectivity index (χ3n) is 6.54. The van der Waals surface area contributed by atoms with Crippen LogP contribution in [0.3, 0.4) is 0 Å². The van der Waals surface area contributed by atoms with E-state index < -0.39 is 0 Å². The Hall–Kier alpha value is -3.61. The van der Waals surface area contributed by atoms with E-state index in [2.05, 4.69) is 12.0 Å². The lowest BCUT2D eigenvalue weighted by Gasteiger charge is -2.29. The van der Waals surface area contributed by atoms with Gasteiger partial charge in [-0.3, -0.25) is 9.59 Å². The van der Waals surface area contributed by atoms with Gasteiger partial charge in [-0.05, 0) is 50.6 Å². The van der Waals surface area contributed by atoms with E-state index >= 15 is 0 Å². The molecule has 0 saturated carbocycles. The maximum Gasteiger partial charge on any atom is 0.273 e. The standard InChI is InChI=1S/C25H26N4O3/c1-16-22-17(2)28(25(31)23(22)29(26-16)19-9-5-4-6-10-19)20-12-13-27(15-20)24(30)18-8-7-11-21(14-18)32-3/h4-11,14,17,20H,12-13,15H2,1-3H3. The fourth-order valence-corrected chi connectivity index (χ4v) is 5.01. The molecule has 1 saturated heterocycles. The van der Waals surface area contributed by atoms with Gasteiger partial charge in [0, 0.05) is 24.2 Å². The van der Waals surface area contributed by atoms with Gasteiger partial charge in [-0.15, -0.1) is 0 Å². The molecule has 32 heavy (non-hydrogen) atoms. The first-order chi connectivity index (χ1) is 15.5. The van der Waals surface area contributed by atoms with Gasteiger partial charge in [0.2, 0.25) is 0 Å². The van der Waals surface area contributed by atoms with E-state index in [-0.39, 0.29) is 23.9 Å². The number of hydrogen-bond donors (Lipinski definition) is 0. The van der Waals surface area contributed by atoms with E-state index in [1.807, 2.05) is 59.2 Å². The van der Waals surface area contributed by atoms with E-state index in [0.717, 1.165) is 23.4 Å². The van der Waals surface area contributed by atoms with Gasteiger partial charge in [0.15, 0.2) is 0 Å². The minimum atomic E-state index is -0.0770. The predicted molar refractivity (Wildman–Crippen MR) is 120 cm³/mol. The Kier molecular flexibility index (Phi) is 4.96. The van der Waals surface area contributed by atoms with Crippen LogP contribution < -0.4 is 4.74 Å². The number of hydrogen-bond acceptors (Lipinski definition) is 4. The maximum atomic E-state index is 13.6. The molecule has 2 atom stereocenters. The molecule has 0 radical (unpaired) electrons. The molecule has 7 nitrogen and oxygen atoms in total. The second-order valence-electron chi connectivity index (χ2n) is 8.41. The quantitative estimate of drug-likeness (QED) is 0.634. The minimum Gasteiger partial charge on any atom is -0.497 e. The normalized spacial score (nSPS) is 20.0. The molecule has 3 heterocycles. The summed E-state index contributed by atoms with van der Waals surface area (Å²) in [4.78, 5) is 30.4. The van der Waals surface area contributed by atoms with Gasteiger partial charge in [-0.1, -0.05) is 24.3 Å².